The van der Waals surface area contributed by atoms with E-state index in [9.17, 15) is 34.8 Å². The van der Waals surface area contributed by atoms with Crippen molar-refractivity contribution in [2.45, 2.75) is 11.0 Å². The van der Waals surface area contributed by atoms with Gasteiger partial charge in [0.2, 0.25) is 0 Å². The highest BCUT2D eigenvalue weighted by Gasteiger charge is 2.48. The summed E-state index contributed by atoms with van der Waals surface area (Å²) < 4.78 is 127. The molecule has 0 heterocycles. The quantitative estimate of drug-likeness (QED) is 0.279. The van der Waals surface area contributed by atoms with E-state index in [4.69, 9.17) is 29.3 Å². The van der Waals surface area contributed by atoms with E-state index in [1.54, 1.807) is 6.07 Å². The molecule has 0 aromatic heterocycles. The number of hydrogen-bond donors (Lipinski definition) is 0. The zero-order chi connectivity index (χ0) is 22.8. The smallest absolute Gasteiger partial charge is 0.534 e. The molecule has 0 saturated heterocycles. The number of halogens is 7. The van der Waals surface area contributed by atoms with Gasteiger partial charge in [0.25, 0.3) is 0 Å². The molecule has 0 aliphatic heterocycles. The first kappa shape index (κ1) is 25.1. The zero-order valence-electron chi connectivity index (χ0n) is 13.7. The second-order valence-electron chi connectivity index (χ2n) is 4.85. The molecule has 164 valence electrons. The maximum atomic E-state index is 12.3. The van der Waals surface area contributed by atoms with Gasteiger partial charge in [-0.25, -0.2) is 8.42 Å². The molecule has 16 heteroatoms. The first-order valence-corrected chi connectivity index (χ1v) is 9.89. The van der Waals surface area contributed by atoms with Gasteiger partial charge in [-0.3, -0.25) is 0 Å². The molecule has 7 nitrogen and oxygen atoms in total. The molecule has 0 atom stereocenters. The van der Waals surface area contributed by atoms with Crippen LogP contribution in [-0.4, -0.2) is 39.5 Å². The summed E-state index contributed by atoms with van der Waals surface area (Å²) in [4.78, 5) is 0. The normalized spacial score (nSPS) is 12.9. The van der Waals surface area contributed by atoms with E-state index in [2.05, 4.69) is 4.18 Å². The fraction of sp³-hybridized carbons (Fsp3) is 0.231. The van der Waals surface area contributed by atoms with E-state index in [0.29, 0.717) is 16.5 Å². The molecular formula is C13H8ClF6O7S2-. The topological polar surface area (TPSA) is 110 Å². The van der Waals surface area contributed by atoms with Gasteiger partial charge >= 0.3 is 21.1 Å². The molecule has 0 amide bonds. The van der Waals surface area contributed by atoms with Crippen LogP contribution < -0.4 is 8.92 Å². The van der Waals surface area contributed by atoms with Gasteiger partial charge in [0.15, 0.2) is 15.9 Å². The summed E-state index contributed by atoms with van der Waals surface area (Å²) in [6.45, 7) is 0. The molecule has 0 radical (unpaired) electrons. The lowest BCUT2D eigenvalue weighted by Crippen LogP contribution is -2.28. The van der Waals surface area contributed by atoms with Crippen LogP contribution in [0.25, 0.3) is 10.8 Å². The van der Waals surface area contributed by atoms with Crippen LogP contribution in [0.15, 0.2) is 30.3 Å². The summed E-state index contributed by atoms with van der Waals surface area (Å²) in [6, 6.07) is 7.06. The van der Waals surface area contributed by atoms with Crippen LogP contribution in [0.4, 0.5) is 26.3 Å². The van der Waals surface area contributed by atoms with Crippen LogP contribution in [0.1, 0.15) is 0 Å². The Hall–Kier alpha value is -1.97. The molecule has 2 aromatic rings. The minimum absolute atomic E-state index is 0.233. The van der Waals surface area contributed by atoms with E-state index in [-0.39, 0.29) is 5.02 Å². The number of rotatable bonds is 3. The summed E-state index contributed by atoms with van der Waals surface area (Å²) in [5.74, 6) is -0.0678. The van der Waals surface area contributed by atoms with Crippen molar-refractivity contribution in [2.24, 2.45) is 0 Å². The second kappa shape index (κ2) is 8.41. The number of methoxy groups -OCH3 is 1. The zero-order valence-corrected chi connectivity index (χ0v) is 16.1. The van der Waals surface area contributed by atoms with Gasteiger partial charge in [0, 0.05) is 5.39 Å². The van der Waals surface area contributed by atoms with Crippen molar-refractivity contribution in [1.29, 1.82) is 0 Å². The molecule has 0 bridgehead atoms. The Kier molecular flexibility index (Phi) is 7.27. The average Bonchev–Trinajstić information content (AvgIpc) is 2.54. The van der Waals surface area contributed by atoms with Crippen molar-refractivity contribution < 1.29 is 56.7 Å². The van der Waals surface area contributed by atoms with Crippen LogP contribution in [0.2, 0.25) is 5.02 Å². The van der Waals surface area contributed by atoms with E-state index < -0.39 is 37.0 Å². The molecule has 0 spiro atoms. The third-order valence-corrected chi connectivity index (χ3v) is 4.81. The average molecular weight is 490 g/mol. The highest BCUT2D eigenvalue weighted by molar-refractivity contribution is 7.88. The van der Waals surface area contributed by atoms with Crippen molar-refractivity contribution in [1.82, 2.24) is 0 Å². The Bertz CT molecular complexity index is 1100. The monoisotopic (exact) mass is 489 g/mol. The van der Waals surface area contributed by atoms with Gasteiger partial charge in [-0.2, -0.15) is 34.8 Å². The summed E-state index contributed by atoms with van der Waals surface area (Å²) in [7, 11) is -10.4. The second-order valence-corrected chi connectivity index (χ2v) is 8.13. The van der Waals surface area contributed by atoms with Crippen LogP contribution in [-0.2, 0) is 20.2 Å². The molecule has 0 unspecified atom stereocenters. The van der Waals surface area contributed by atoms with E-state index >= 15 is 0 Å². The third-order valence-electron chi connectivity index (χ3n) is 2.89. The Labute approximate surface area is 164 Å². The number of fused-ring (bicyclic) bond motifs is 1. The van der Waals surface area contributed by atoms with Crippen LogP contribution in [0, 0.1) is 0 Å². The van der Waals surface area contributed by atoms with Gasteiger partial charge in [-0.05, 0) is 29.7 Å². The molecule has 0 aliphatic rings. The molecule has 0 aliphatic carbocycles. The summed E-state index contributed by atoms with van der Waals surface area (Å²) >= 11 is 5.90. The van der Waals surface area contributed by atoms with Gasteiger partial charge in [0.1, 0.15) is 5.75 Å². The maximum Gasteiger partial charge on any atom is 0.534 e. The van der Waals surface area contributed by atoms with Crippen molar-refractivity contribution >= 4 is 42.6 Å². The predicted molar refractivity (Wildman–Crippen MR) is 86.9 cm³/mol. The fourth-order valence-corrected chi connectivity index (χ4v) is 2.40. The van der Waals surface area contributed by atoms with Crippen molar-refractivity contribution in [2.75, 3.05) is 7.11 Å². The Morgan fingerprint density at radius 2 is 1.45 bits per heavy atom. The maximum absolute atomic E-state index is 12.3. The highest BCUT2D eigenvalue weighted by atomic mass is 35.5. The van der Waals surface area contributed by atoms with Crippen molar-refractivity contribution in [3.05, 3.63) is 35.4 Å². The number of benzene rings is 2. The molecule has 29 heavy (non-hydrogen) atoms. The van der Waals surface area contributed by atoms with Crippen LogP contribution in [0.3, 0.4) is 0 Å². The number of hydrogen-bond acceptors (Lipinski definition) is 7. The van der Waals surface area contributed by atoms with Gasteiger partial charge in [0.05, 0.1) is 12.1 Å². The molecule has 0 fully saturated rings. The predicted octanol–water partition coefficient (Wildman–Crippen LogP) is 3.78. The van der Waals surface area contributed by atoms with Crippen molar-refractivity contribution in [3.8, 4) is 11.5 Å². The Morgan fingerprint density at radius 3 is 1.86 bits per heavy atom. The van der Waals surface area contributed by atoms with Gasteiger partial charge < -0.3 is 13.5 Å². The van der Waals surface area contributed by atoms with E-state index in [1.807, 2.05) is 0 Å². The minimum atomic E-state index is -6.09. The lowest BCUT2D eigenvalue weighted by Gasteiger charge is -2.12. The lowest BCUT2D eigenvalue weighted by molar-refractivity contribution is -0.0519. The first-order chi connectivity index (χ1) is 12.9. The first-order valence-electron chi connectivity index (χ1n) is 6.70. The Balaban J connectivity index is 0.000000447. The van der Waals surface area contributed by atoms with E-state index in [1.165, 1.54) is 25.3 Å². The standard InChI is InChI=1S/C12H8ClF3O4S.CHF3O3S/c1-19-8-3-4-9-7(6-8)2-5-10(11(9)13)20-21(17,18)12(14,15)16;2-1(3,4)8(5,6)7/h2-6H,1H3;(H,5,6,7)/p-1. The third kappa shape index (κ3) is 6.25. The van der Waals surface area contributed by atoms with Gasteiger partial charge in [-0.1, -0.05) is 17.7 Å². The van der Waals surface area contributed by atoms with Gasteiger partial charge in [-0.15, -0.1) is 0 Å². The number of ether oxygens (including phenoxy) is 1. The van der Waals surface area contributed by atoms with E-state index in [0.717, 1.165) is 6.07 Å². The molecular weight excluding hydrogens is 482 g/mol. The van der Waals surface area contributed by atoms with Crippen LogP contribution in [0.5, 0.6) is 11.5 Å². The summed E-state index contributed by atoms with van der Waals surface area (Å²) in [5, 5.41) is 0.673. The summed E-state index contributed by atoms with van der Waals surface area (Å²) in [6.07, 6.45) is 0. The SMILES string of the molecule is COc1ccc2c(Cl)c(OS(=O)(=O)C(F)(F)F)ccc2c1.O=S(=O)([O-])C(F)(F)F. The highest BCUT2D eigenvalue weighted by Crippen LogP contribution is 2.37. The lowest BCUT2D eigenvalue weighted by atomic mass is 10.1. The Morgan fingerprint density at radius 1 is 0.931 bits per heavy atom. The number of alkyl halides is 6. The molecule has 0 N–H and O–H groups in total. The molecule has 0 saturated carbocycles. The largest absolute Gasteiger partial charge is 0.741 e. The fourth-order valence-electron chi connectivity index (χ4n) is 1.61. The molecule has 2 rings (SSSR count). The van der Waals surface area contributed by atoms with Crippen molar-refractivity contribution in [3.63, 3.8) is 0 Å². The molecule has 2 aromatic carbocycles. The van der Waals surface area contributed by atoms with Crippen LogP contribution >= 0.6 is 11.6 Å². The summed E-state index contributed by atoms with van der Waals surface area (Å²) in [5.41, 5.74) is -11.2. The minimum Gasteiger partial charge on any atom is -0.741 e.